The van der Waals surface area contributed by atoms with Crippen LogP contribution >= 0.6 is 16.1 Å². The summed E-state index contributed by atoms with van der Waals surface area (Å²) in [6.07, 6.45) is 4.69. The first kappa shape index (κ1) is 38.0. The van der Waals surface area contributed by atoms with Crippen molar-refractivity contribution in [3.8, 4) is 11.5 Å². The molecule has 2 saturated carbocycles. The van der Waals surface area contributed by atoms with E-state index in [0.29, 0.717) is 37.2 Å². The molecule has 0 saturated heterocycles. The van der Waals surface area contributed by atoms with Crippen molar-refractivity contribution in [2.45, 2.75) is 167 Å². The molecule has 0 radical (unpaired) electrons. The van der Waals surface area contributed by atoms with E-state index in [1.807, 2.05) is 24.3 Å². The summed E-state index contributed by atoms with van der Waals surface area (Å²) in [5, 5.41) is 0. The summed E-state index contributed by atoms with van der Waals surface area (Å²) >= 11 is 0. The molecule has 0 bridgehead atoms. The fraction of sp³-hybridized carbons (Fsp3) is 0.692. The van der Waals surface area contributed by atoms with Gasteiger partial charge in [-0.1, -0.05) is 136 Å². The number of rotatable bonds is 6. The molecule has 47 heavy (non-hydrogen) atoms. The van der Waals surface area contributed by atoms with Gasteiger partial charge >= 0.3 is 26.7 Å². The predicted molar refractivity (Wildman–Crippen MR) is 189 cm³/mol. The highest BCUT2D eigenvalue weighted by molar-refractivity contribution is 7.58. The third kappa shape index (κ3) is 6.96. The second-order valence-corrected chi connectivity index (χ2v) is 21.0. The van der Waals surface area contributed by atoms with Crippen LogP contribution in [0.15, 0.2) is 36.4 Å². The summed E-state index contributed by atoms with van der Waals surface area (Å²) in [6, 6.07) is 12.0. The van der Waals surface area contributed by atoms with E-state index in [2.05, 4.69) is 95.2 Å². The van der Waals surface area contributed by atoms with Crippen molar-refractivity contribution < 1.29 is 28.4 Å². The monoisotopic (exact) mass is 684 g/mol. The van der Waals surface area contributed by atoms with Crippen LogP contribution < -0.4 is 19.3 Å². The molecule has 1 spiro atoms. The van der Waals surface area contributed by atoms with Gasteiger partial charge in [0.1, 0.15) is 11.5 Å². The van der Waals surface area contributed by atoms with Gasteiger partial charge in [0, 0.05) is 6.42 Å². The summed E-state index contributed by atoms with van der Waals surface area (Å²) in [5.74, 6) is -1.10. The molecule has 0 N–H and O–H groups in total. The van der Waals surface area contributed by atoms with Crippen LogP contribution in [0.5, 0.6) is 11.5 Å². The number of hydrogen-bond donors (Lipinski definition) is 0. The van der Waals surface area contributed by atoms with Gasteiger partial charge < -0.3 is 19.3 Å². The third-order valence-electron chi connectivity index (χ3n) is 10.6. The Kier molecular flexibility index (Phi) is 10.3. The predicted octanol–water partition coefficient (Wildman–Crippen LogP) is 10.1. The fourth-order valence-corrected chi connectivity index (χ4v) is 10.9. The van der Waals surface area contributed by atoms with Crippen molar-refractivity contribution in [3.05, 3.63) is 58.7 Å². The molecule has 2 aromatic carbocycles. The van der Waals surface area contributed by atoms with E-state index >= 15 is 0 Å². The highest BCUT2D eigenvalue weighted by Crippen LogP contribution is 2.73. The first-order valence-corrected chi connectivity index (χ1v) is 19.7. The van der Waals surface area contributed by atoms with Crippen molar-refractivity contribution in [3.63, 3.8) is 0 Å². The van der Waals surface area contributed by atoms with Gasteiger partial charge in [0.2, 0.25) is 0 Å². The number of benzene rings is 2. The third-order valence-corrected chi connectivity index (χ3v) is 14.3. The molecule has 2 unspecified atom stereocenters. The van der Waals surface area contributed by atoms with Crippen molar-refractivity contribution in [1.29, 1.82) is 0 Å². The van der Waals surface area contributed by atoms with E-state index in [9.17, 15) is 18.9 Å². The maximum Gasteiger partial charge on any atom is 0.420 e. The van der Waals surface area contributed by atoms with E-state index in [1.54, 1.807) is 0 Å². The molecular formula is C39H58O6P2. The summed E-state index contributed by atoms with van der Waals surface area (Å²) in [7, 11) is -7.13. The molecule has 2 aliphatic carbocycles. The number of hydrogen-bond acceptors (Lipinski definition) is 6. The lowest BCUT2D eigenvalue weighted by Crippen LogP contribution is -2.69. The molecule has 8 heteroatoms. The van der Waals surface area contributed by atoms with Crippen molar-refractivity contribution >= 4 is 16.1 Å². The second kappa shape index (κ2) is 12.8. The maximum atomic E-state index is 14.0. The standard InChI is InChI=1S/C39H58O6P2/c1-33(2,3)27-17-19-31(29(25-27)35(7,8)9)44-38(45-32-20-18-28(34(4,5)6)26-30(32)36(10,11)12)24-16-23-37(21-14-13-15-22-37)39(38,46(40)41)47(42)43/h17-20,25-26H,13-16,21-24H2,1-12H3. The average molecular weight is 685 g/mol. The Morgan fingerprint density at radius 1 is 0.553 bits per heavy atom. The summed E-state index contributed by atoms with van der Waals surface area (Å²) < 4.78 is 42.3. The van der Waals surface area contributed by atoms with Crippen LogP contribution in [-0.2, 0) is 30.8 Å². The molecule has 2 fully saturated rings. The Hall–Kier alpha value is -1.84. The molecule has 0 aliphatic heterocycles. The molecule has 0 aromatic heterocycles. The van der Waals surface area contributed by atoms with Gasteiger partial charge in [-0.15, -0.1) is 0 Å². The van der Waals surface area contributed by atoms with Crippen molar-refractivity contribution in [2.75, 3.05) is 0 Å². The highest BCUT2D eigenvalue weighted by Gasteiger charge is 2.86. The van der Waals surface area contributed by atoms with Crippen molar-refractivity contribution in [2.24, 2.45) is 5.41 Å². The lowest BCUT2D eigenvalue weighted by atomic mass is 9.62. The number of ether oxygens (including phenoxy) is 2. The zero-order chi connectivity index (χ0) is 35.4. The summed E-state index contributed by atoms with van der Waals surface area (Å²) in [5.41, 5.74) is 1.92. The minimum atomic E-state index is -3.57. The first-order valence-electron chi connectivity index (χ1n) is 17.4. The van der Waals surface area contributed by atoms with Gasteiger partial charge in [0.25, 0.3) is 0 Å². The Bertz CT molecular complexity index is 1400. The SMILES string of the molecule is CC(C)(C)c1ccc(OC2(Oc3ccc(C(C)(C)C)cc3C(C)(C)C)CCCC3(CCCCC3)C2([P+](=O)[O-])[P+](=O)[O-])c(C(C)(C)C)c1. The largest absolute Gasteiger partial charge is 0.591 e. The van der Waals surface area contributed by atoms with Gasteiger partial charge in [0.15, 0.2) is 0 Å². The highest BCUT2D eigenvalue weighted by atomic mass is 31.2. The van der Waals surface area contributed by atoms with Crippen molar-refractivity contribution in [1.82, 2.24) is 0 Å². The molecule has 0 heterocycles. The van der Waals surface area contributed by atoms with Gasteiger partial charge in [-0.25, -0.2) is 0 Å². The van der Waals surface area contributed by atoms with Crippen LogP contribution in [0.4, 0.5) is 0 Å². The van der Waals surface area contributed by atoms with Crippen LogP contribution in [0.25, 0.3) is 0 Å². The Labute approximate surface area is 286 Å². The van der Waals surface area contributed by atoms with Crippen LogP contribution in [0.2, 0.25) is 0 Å². The molecule has 4 rings (SSSR count). The van der Waals surface area contributed by atoms with E-state index in [-0.39, 0.29) is 28.1 Å². The van der Waals surface area contributed by atoms with Gasteiger partial charge in [-0.05, 0) is 81.7 Å². The molecule has 0 amide bonds. The molecular weight excluding hydrogens is 626 g/mol. The summed E-state index contributed by atoms with van der Waals surface area (Å²) in [4.78, 5) is 25.8. The Morgan fingerprint density at radius 2 is 0.936 bits per heavy atom. The minimum absolute atomic E-state index is 0.122. The van der Waals surface area contributed by atoms with E-state index in [0.717, 1.165) is 41.5 Å². The molecule has 2 aromatic rings. The zero-order valence-electron chi connectivity index (χ0n) is 31.0. The lowest BCUT2D eigenvalue weighted by molar-refractivity contribution is -0.235. The topological polar surface area (TPSA) is 98.7 Å². The first-order chi connectivity index (χ1) is 21.4. The van der Waals surface area contributed by atoms with Gasteiger partial charge in [0.05, 0.1) is 5.41 Å². The smallest absolute Gasteiger partial charge is 0.420 e. The maximum absolute atomic E-state index is 14.0. The van der Waals surface area contributed by atoms with Crippen LogP contribution in [0.3, 0.4) is 0 Å². The summed E-state index contributed by atoms with van der Waals surface area (Å²) in [6.45, 7) is 25.5. The Balaban J connectivity index is 2.10. The van der Waals surface area contributed by atoms with Gasteiger partial charge in [-0.3, -0.25) is 0 Å². The van der Waals surface area contributed by atoms with Gasteiger partial charge in [-0.2, -0.15) is 0 Å². The van der Waals surface area contributed by atoms with E-state index in [4.69, 9.17) is 9.47 Å². The van der Waals surface area contributed by atoms with Crippen LogP contribution in [-0.4, -0.2) is 10.7 Å². The lowest BCUT2D eigenvalue weighted by Gasteiger charge is -2.53. The normalized spacial score (nSPS) is 22.5. The average Bonchev–Trinajstić information content (AvgIpc) is 2.91. The molecule has 2 aliphatic rings. The molecule has 2 atom stereocenters. The van der Waals surface area contributed by atoms with Crippen LogP contribution in [0.1, 0.15) is 157 Å². The fourth-order valence-electron chi connectivity index (χ4n) is 7.94. The van der Waals surface area contributed by atoms with E-state index in [1.165, 1.54) is 0 Å². The zero-order valence-corrected chi connectivity index (χ0v) is 32.8. The molecule has 6 nitrogen and oxygen atoms in total. The van der Waals surface area contributed by atoms with Crippen LogP contribution in [0, 0.1) is 5.41 Å². The minimum Gasteiger partial charge on any atom is -0.591 e. The second-order valence-electron chi connectivity index (χ2n) is 18.3. The molecule has 260 valence electrons. The Morgan fingerprint density at radius 3 is 1.28 bits per heavy atom. The quantitative estimate of drug-likeness (QED) is 0.222. The van der Waals surface area contributed by atoms with E-state index < -0.39 is 32.2 Å².